The van der Waals surface area contributed by atoms with E-state index in [0.29, 0.717) is 5.69 Å². The zero-order valence-electron chi connectivity index (χ0n) is 6.03. The first kappa shape index (κ1) is 7.35. The molecule has 0 aliphatic rings. The topological polar surface area (TPSA) is 71.8 Å². The van der Waals surface area contributed by atoms with Crippen molar-refractivity contribution in [2.75, 3.05) is 5.73 Å². The molecule has 4 heteroatoms. The predicted octanol–water partition coefficient (Wildman–Crippen LogP) is -0.161. The van der Waals surface area contributed by atoms with Crippen LogP contribution in [0.25, 0.3) is 0 Å². The Bertz CT molecular complexity index is 372. The Hall–Kier alpha value is -1.76. The summed E-state index contributed by atoms with van der Waals surface area (Å²) in [5.74, 6) is 0. The Morgan fingerprint density at radius 1 is 1.64 bits per heavy atom. The maximum absolute atomic E-state index is 10.9. The highest BCUT2D eigenvalue weighted by molar-refractivity contribution is 5.49. The number of rotatable bonds is 0. The number of nitriles is 1. The van der Waals surface area contributed by atoms with E-state index in [1.807, 2.05) is 6.07 Å². The van der Waals surface area contributed by atoms with Crippen molar-refractivity contribution in [3.8, 4) is 6.07 Å². The summed E-state index contributed by atoms with van der Waals surface area (Å²) in [5, 5.41) is 8.53. The third-order valence-corrected chi connectivity index (χ3v) is 1.45. The van der Waals surface area contributed by atoms with Crippen LogP contribution < -0.4 is 11.3 Å². The van der Waals surface area contributed by atoms with Gasteiger partial charge in [0.2, 0.25) is 0 Å². The molecular formula is C7H7N3O. The average molecular weight is 149 g/mol. The zero-order valence-corrected chi connectivity index (χ0v) is 6.03. The van der Waals surface area contributed by atoms with Crippen LogP contribution in [0.5, 0.6) is 0 Å². The van der Waals surface area contributed by atoms with Gasteiger partial charge in [-0.1, -0.05) is 0 Å². The van der Waals surface area contributed by atoms with Crippen molar-refractivity contribution >= 4 is 5.69 Å². The van der Waals surface area contributed by atoms with E-state index in [0.717, 1.165) is 0 Å². The summed E-state index contributed by atoms with van der Waals surface area (Å²) in [7, 11) is 1.51. The summed E-state index contributed by atoms with van der Waals surface area (Å²) in [5.41, 5.74) is 5.73. The lowest BCUT2D eigenvalue weighted by atomic mass is 10.3. The number of aromatic nitrogens is 1. The molecule has 0 atom stereocenters. The lowest BCUT2D eigenvalue weighted by molar-refractivity contribution is 0.845. The maximum atomic E-state index is 10.9. The van der Waals surface area contributed by atoms with Gasteiger partial charge in [0, 0.05) is 13.1 Å². The summed E-state index contributed by atoms with van der Waals surface area (Å²) in [6.45, 7) is 0. The van der Waals surface area contributed by atoms with E-state index >= 15 is 0 Å². The Morgan fingerprint density at radius 2 is 2.27 bits per heavy atom. The fourth-order valence-corrected chi connectivity index (χ4v) is 0.795. The second kappa shape index (κ2) is 2.46. The normalized spacial score (nSPS) is 9.09. The van der Waals surface area contributed by atoms with Crippen molar-refractivity contribution in [3.05, 3.63) is 28.2 Å². The first-order valence-electron chi connectivity index (χ1n) is 3.02. The molecule has 0 aliphatic heterocycles. The molecule has 0 saturated heterocycles. The maximum Gasteiger partial charge on any atom is 0.251 e. The van der Waals surface area contributed by atoms with Crippen LogP contribution in [0.1, 0.15) is 5.69 Å². The summed E-state index contributed by atoms with van der Waals surface area (Å²) in [6, 6.07) is 4.60. The largest absolute Gasteiger partial charge is 0.396 e. The number of hydrogen-bond donors (Lipinski definition) is 1. The monoisotopic (exact) mass is 149 g/mol. The highest BCUT2D eigenvalue weighted by Crippen LogP contribution is 2.03. The van der Waals surface area contributed by atoms with Gasteiger partial charge in [0.1, 0.15) is 11.8 Å². The minimum Gasteiger partial charge on any atom is -0.396 e. The molecule has 0 spiro atoms. The van der Waals surface area contributed by atoms with E-state index in [4.69, 9.17) is 11.0 Å². The quantitative estimate of drug-likeness (QED) is 0.557. The predicted molar refractivity (Wildman–Crippen MR) is 40.8 cm³/mol. The minimum absolute atomic E-state index is 0.206. The fourth-order valence-electron chi connectivity index (χ4n) is 0.795. The standard InChI is InChI=1S/C7H7N3O/c1-10-6(4-8)5(9)2-3-7(10)11/h2-3H,9H2,1H3. The Kier molecular flexibility index (Phi) is 1.65. The summed E-state index contributed by atoms with van der Waals surface area (Å²) in [4.78, 5) is 10.9. The van der Waals surface area contributed by atoms with E-state index in [1.54, 1.807) is 0 Å². The lowest BCUT2D eigenvalue weighted by Crippen LogP contribution is -2.19. The van der Waals surface area contributed by atoms with E-state index in [-0.39, 0.29) is 11.3 Å². The van der Waals surface area contributed by atoms with Gasteiger partial charge >= 0.3 is 0 Å². The van der Waals surface area contributed by atoms with Crippen LogP contribution in [0, 0.1) is 11.3 Å². The molecule has 0 fully saturated rings. The van der Waals surface area contributed by atoms with Crippen LogP contribution in [0.4, 0.5) is 5.69 Å². The van der Waals surface area contributed by atoms with Crippen molar-refractivity contribution in [3.63, 3.8) is 0 Å². The third kappa shape index (κ3) is 1.08. The molecule has 0 bridgehead atoms. The number of anilines is 1. The Morgan fingerprint density at radius 3 is 2.73 bits per heavy atom. The average Bonchev–Trinajstić information content (AvgIpc) is 1.99. The molecule has 4 nitrogen and oxygen atoms in total. The second-order valence-corrected chi connectivity index (χ2v) is 2.15. The van der Waals surface area contributed by atoms with Gasteiger partial charge in [-0.2, -0.15) is 5.26 Å². The van der Waals surface area contributed by atoms with Crippen molar-refractivity contribution in [2.45, 2.75) is 0 Å². The molecule has 0 amide bonds. The Balaban J connectivity index is 3.57. The van der Waals surface area contributed by atoms with Crippen LogP contribution in [0.3, 0.4) is 0 Å². The molecule has 11 heavy (non-hydrogen) atoms. The number of hydrogen-bond acceptors (Lipinski definition) is 3. The molecule has 1 aromatic rings. The van der Waals surface area contributed by atoms with Gasteiger partial charge in [0.25, 0.3) is 5.56 Å². The van der Waals surface area contributed by atoms with E-state index in [1.165, 1.54) is 23.7 Å². The molecular weight excluding hydrogens is 142 g/mol. The highest BCUT2D eigenvalue weighted by Gasteiger charge is 2.01. The number of nitrogens with two attached hydrogens (primary N) is 1. The summed E-state index contributed by atoms with van der Waals surface area (Å²) in [6.07, 6.45) is 0. The number of nitrogen functional groups attached to an aromatic ring is 1. The van der Waals surface area contributed by atoms with Crippen molar-refractivity contribution < 1.29 is 0 Å². The van der Waals surface area contributed by atoms with Gasteiger partial charge in [-0.25, -0.2) is 0 Å². The van der Waals surface area contributed by atoms with Crippen molar-refractivity contribution in [2.24, 2.45) is 7.05 Å². The van der Waals surface area contributed by atoms with Crippen LogP contribution in [-0.4, -0.2) is 4.57 Å². The molecule has 1 aromatic heterocycles. The van der Waals surface area contributed by atoms with Gasteiger partial charge in [0.05, 0.1) is 5.69 Å². The van der Waals surface area contributed by atoms with E-state index in [9.17, 15) is 4.79 Å². The Labute approximate surface area is 63.5 Å². The summed E-state index contributed by atoms with van der Waals surface area (Å²) >= 11 is 0. The van der Waals surface area contributed by atoms with Gasteiger partial charge in [0.15, 0.2) is 0 Å². The zero-order chi connectivity index (χ0) is 8.43. The SMILES string of the molecule is Cn1c(C#N)c(N)ccc1=O. The second-order valence-electron chi connectivity index (χ2n) is 2.15. The van der Waals surface area contributed by atoms with Crippen LogP contribution in [-0.2, 0) is 7.05 Å². The van der Waals surface area contributed by atoms with Gasteiger partial charge in [-0.15, -0.1) is 0 Å². The first-order chi connectivity index (χ1) is 5.16. The van der Waals surface area contributed by atoms with Crippen molar-refractivity contribution in [1.82, 2.24) is 4.57 Å². The van der Waals surface area contributed by atoms with Crippen molar-refractivity contribution in [1.29, 1.82) is 5.26 Å². The molecule has 0 unspecified atom stereocenters. The van der Waals surface area contributed by atoms with Gasteiger partial charge < -0.3 is 10.3 Å². The lowest BCUT2D eigenvalue weighted by Gasteiger charge is -2.01. The van der Waals surface area contributed by atoms with Crippen LogP contribution >= 0.6 is 0 Å². The minimum atomic E-state index is -0.226. The molecule has 1 heterocycles. The van der Waals surface area contributed by atoms with Gasteiger partial charge in [-0.3, -0.25) is 4.79 Å². The molecule has 2 N–H and O–H groups in total. The highest BCUT2D eigenvalue weighted by atomic mass is 16.1. The van der Waals surface area contributed by atoms with Crippen LogP contribution in [0.2, 0.25) is 0 Å². The molecule has 0 aromatic carbocycles. The molecule has 0 aliphatic carbocycles. The smallest absolute Gasteiger partial charge is 0.251 e. The fraction of sp³-hybridized carbons (Fsp3) is 0.143. The number of nitrogens with zero attached hydrogens (tertiary/aromatic N) is 2. The molecule has 0 saturated carbocycles. The number of pyridine rings is 1. The molecule has 56 valence electrons. The van der Waals surface area contributed by atoms with Gasteiger partial charge in [-0.05, 0) is 6.07 Å². The third-order valence-electron chi connectivity index (χ3n) is 1.45. The van der Waals surface area contributed by atoms with E-state index in [2.05, 4.69) is 0 Å². The first-order valence-corrected chi connectivity index (χ1v) is 3.02. The molecule has 1 rings (SSSR count). The van der Waals surface area contributed by atoms with E-state index < -0.39 is 0 Å². The molecule has 0 radical (unpaired) electrons. The van der Waals surface area contributed by atoms with Crippen LogP contribution in [0.15, 0.2) is 16.9 Å². The summed E-state index contributed by atoms with van der Waals surface area (Å²) < 4.78 is 1.22.